The number of piperidine rings is 1. The maximum atomic E-state index is 12.4. The van der Waals surface area contributed by atoms with E-state index in [2.05, 4.69) is 20.8 Å². The Bertz CT molecular complexity index is 500. The molecule has 0 radical (unpaired) electrons. The van der Waals surface area contributed by atoms with Crippen molar-refractivity contribution in [3.63, 3.8) is 0 Å². The van der Waals surface area contributed by atoms with Crippen LogP contribution in [0.15, 0.2) is 18.2 Å². The van der Waals surface area contributed by atoms with Gasteiger partial charge in [-0.1, -0.05) is 32.4 Å². The summed E-state index contributed by atoms with van der Waals surface area (Å²) in [6, 6.07) is 5.10. The Morgan fingerprint density at radius 3 is 2.40 bits per heavy atom. The molecule has 0 saturated carbocycles. The van der Waals surface area contributed by atoms with E-state index in [-0.39, 0.29) is 5.91 Å². The molecule has 1 aliphatic heterocycles. The smallest absolute Gasteiger partial charge is 0.253 e. The lowest BCUT2D eigenvalue weighted by Crippen LogP contribution is -2.41. The average Bonchev–Trinajstić information content (AvgIpc) is 2.40. The fourth-order valence-corrected chi connectivity index (χ4v) is 2.97. The predicted molar refractivity (Wildman–Crippen MR) is 83.9 cm³/mol. The summed E-state index contributed by atoms with van der Waals surface area (Å²) in [4.78, 5) is 14.4. The number of carbonyl (C=O) groups is 1. The number of hydrogen-bond donors (Lipinski definition) is 1. The van der Waals surface area contributed by atoms with Crippen LogP contribution in [-0.4, -0.2) is 23.9 Å². The minimum Gasteiger partial charge on any atom is -0.398 e. The van der Waals surface area contributed by atoms with E-state index in [1.54, 1.807) is 18.2 Å². The van der Waals surface area contributed by atoms with E-state index in [4.69, 9.17) is 17.3 Å². The monoisotopic (exact) mass is 294 g/mol. The maximum absolute atomic E-state index is 12.4. The first-order valence-corrected chi connectivity index (χ1v) is 7.51. The molecular formula is C16H23ClN2O. The zero-order valence-electron chi connectivity index (χ0n) is 12.4. The van der Waals surface area contributed by atoms with E-state index < -0.39 is 0 Å². The van der Waals surface area contributed by atoms with Crippen LogP contribution in [0.3, 0.4) is 0 Å². The van der Waals surface area contributed by atoms with Gasteiger partial charge in [-0.2, -0.15) is 0 Å². The standard InChI is InChI=1S/C16H23ClN2O/c1-16(2,3)12-6-8-19(9-7-12)15(20)11-4-5-14(18)13(17)10-11/h4-5,10,12H,6-9,18H2,1-3H3. The molecule has 1 saturated heterocycles. The molecule has 3 nitrogen and oxygen atoms in total. The van der Waals surface area contributed by atoms with Gasteiger partial charge in [-0.15, -0.1) is 0 Å². The van der Waals surface area contributed by atoms with Crippen LogP contribution < -0.4 is 5.73 Å². The van der Waals surface area contributed by atoms with Gasteiger partial charge >= 0.3 is 0 Å². The molecule has 110 valence electrons. The summed E-state index contributed by atoms with van der Waals surface area (Å²) in [5.74, 6) is 0.737. The Hall–Kier alpha value is -1.22. The van der Waals surface area contributed by atoms with Crippen LogP contribution in [-0.2, 0) is 0 Å². The second kappa shape index (κ2) is 5.65. The molecule has 2 N–H and O–H groups in total. The number of benzene rings is 1. The number of carbonyl (C=O) groups excluding carboxylic acids is 1. The maximum Gasteiger partial charge on any atom is 0.253 e. The summed E-state index contributed by atoms with van der Waals surface area (Å²) < 4.78 is 0. The van der Waals surface area contributed by atoms with Gasteiger partial charge in [0, 0.05) is 18.7 Å². The SMILES string of the molecule is CC(C)(C)C1CCN(C(=O)c2ccc(N)c(Cl)c2)CC1. The summed E-state index contributed by atoms with van der Waals surface area (Å²) in [6.07, 6.45) is 2.13. The van der Waals surface area contributed by atoms with Crippen molar-refractivity contribution >= 4 is 23.2 Å². The molecule has 0 atom stereocenters. The minimum atomic E-state index is 0.0549. The zero-order valence-corrected chi connectivity index (χ0v) is 13.2. The molecule has 1 fully saturated rings. The van der Waals surface area contributed by atoms with Gasteiger partial charge < -0.3 is 10.6 Å². The second-order valence-corrected chi connectivity index (χ2v) is 7.08. The fraction of sp³-hybridized carbons (Fsp3) is 0.562. The normalized spacial score (nSPS) is 17.3. The van der Waals surface area contributed by atoms with Crippen LogP contribution in [0.5, 0.6) is 0 Å². The number of anilines is 1. The Labute approximate surface area is 126 Å². The number of likely N-dealkylation sites (tertiary alicyclic amines) is 1. The van der Waals surface area contributed by atoms with Crippen LogP contribution in [0.1, 0.15) is 44.0 Å². The molecule has 4 heteroatoms. The highest BCUT2D eigenvalue weighted by Crippen LogP contribution is 2.34. The summed E-state index contributed by atoms with van der Waals surface area (Å²) in [5.41, 5.74) is 7.13. The van der Waals surface area contributed by atoms with Crippen molar-refractivity contribution in [2.75, 3.05) is 18.8 Å². The number of nitrogen functional groups attached to an aromatic ring is 1. The number of amides is 1. The highest BCUT2D eigenvalue weighted by Gasteiger charge is 2.30. The van der Waals surface area contributed by atoms with Gasteiger partial charge in [0.15, 0.2) is 0 Å². The second-order valence-electron chi connectivity index (χ2n) is 6.67. The molecule has 1 aliphatic rings. The number of nitrogens with zero attached hydrogens (tertiary/aromatic N) is 1. The zero-order chi connectivity index (χ0) is 14.9. The topological polar surface area (TPSA) is 46.3 Å². The summed E-state index contributed by atoms with van der Waals surface area (Å²) in [7, 11) is 0. The minimum absolute atomic E-state index is 0.0549. The van der Waals surface area contributed by atoms with Crippen LogP contribution in [0.25, 0.3) is 0 Å². The molecule has 1 aromatic rings. The van der Waals surface area contributed by atoms with Crippen molar-refractivity contribution in [2.45, 2.75) is 33.6 Å². The lowest BCUT2D eigenvalue weighted by molar-refractivity contribution is 0.0609. The first-order valence-electron chi connectivity index (χ1n) is 7.13. The predicted octanol–water partition coefficient (Wildman–Crippen LogP) is 3.82. The van der Waals surface area contributed by atoms with Crippen LogP contribution in [0.4, 0.5) is 5.69 Å². The molecule has 0 bridgehead atoms. The van der Waals surface area contributed by atoms with Crippen molar-refractivity contribution in [1.29, 1.82) is 0 Å². The van der Waals surface area contributed by atoms with E-state index in [9.17, 15) is 4.79 Å². The molecule has 0 unspecified atom stereocenters. The van der Waals surface area contributed by atoms with Gasteiger partial charge in [-0.25, -0.2) is 0 Å². The quantitative estimate of drug-likeness (QED) is 0.800. The number of nitrogens with two attached hydrogens (primary N) is 1. The van der Waals surface area contributed by atoms with Gasteiger partial charge in [0.1, 0.15) is 0 Å². The van der Waals surface area contributed by atoms with Crippen LogP contribution in [0, 0.1) is 11.3 Å². The van der Waals surface area contributed by atoms with Gasteiger partial charge in [0.2, 0.25) is 0 Å². The summed E-state index contributed by atoms with van der Waals surface area (Å²) >= 11 is 5.98. The van der Waals surface area contributed by atoms with E-state index in [0.29, 0.717) is 27.6 Å². The van der Waals surface area contributed by atoms with Gasteiger partial charge in [0.05, 0.1) is 10.7 Å². The lowest BCUT2D eigenvalue weighted by Gasteiger charge is -2.38. The van der Waals surface area contributed by atoms with Crippen molar-refractivity contribution in [3.8, 4) is 0 Å². The van der Waals surface area contributed by atoms with Gasteiger partial charge in [-0.05, 0) is 42.4 Å². The highest BCUT2D eigenvalue weighted by atomic mass is 35.5. The number of rotatable bonds is 1. The van der Waals surface area contributed by atoms with Crippen LogP contribution >= 0.6 is 11.6 Å². The third kappa shape index (κ3) is 3.26. The molecule has 1 amide bonds. The van der Waals surface area contributed by atoms with Crippen LogP contribution in [0.2, 0.25) is 5.02 Å². The molecule has 2 rings (SSSR count). The Morgan fingerprint density at radius 2 is 1.90 bits per heavy atom. The highest BCUT2D eigenvalue weighted by molar-refractivity contribution is 6.33. The molecule has 0 aromatic heterocycles. The molecule has 0 spiro atoms. The average molecular weight is 295 g/mol. The van der Waals surface area contributed by atoms with E-state index in [1.165, 1.54) is 0 Å². The Balaban J connectivity index is 2.03. The third-order valence-corrected chi connectivity index (χ3v) is 4.58. The van der Waals surface area contributed by atoms with E-state index >= 15 is 0 Å². The lowest BCUT2D eigenvalue weighted by atomic mass is 9.75. The van der Waals surface area contributed by atoms with E-state index in [1.807, 2.05) is 4.90 Å². The molecule has 20 heavy (non-hydrogen) atoms. The number of hydrogen-bond acceptors (Lipinski definition) is 2. The Kier molecular flexibility index (Phi) is 4.28. The molecule has 1 aromatic carbocycles. The largest absolute Gasteiger partial charge is 0.398 e. The molecular weight excluding hydrogens is 272 g/mol. The van der Waals surface area contributed by atoms with Gasteiger partial charge in [0.25, 0.3) is 5.91 Å². The first kappa shape index (κ1) is 15.2. The van der Waals surface area contributed by atoms with Gasteiger partial charge in [-0.3, -0.25) is 4.79 Å². The summed E-state index contributed by atoms with van der Waals surface area (Å²) in [5, 5.41) is 0.445. The molecule has 0 aliphatic carbocycles. The van der Waals surface area contributed by atoms with Crippen molar-refractivity contribution in [3.05, 3.63) is 28.8 Å². The first-order chi connectivity index (χ1) is 9.29. The molecule has 1 heterocycles. The van der Waals surface area contributed by atoms with Crippen molar-refractivity contribution < 1.29 is 4.79 Å². The Morgan fingerprint density at radius 1 is 1.30 bits per heavy atom. The third-order valence-electron chi connectivity index (χ3n) is 4.25. The fourth-order valence-electron chi connectivity index (χ4n) is 2.79. The van der Waals surface area contributed by atoms with E-state index in [0.717, 1.165) is 25.9 Å². The number of halogens is 1. The van der Waals surface area contributed by atoms with Crippen molar-refractivity contribution in [2.24, 2.45) is 11.3 Å². The summed E-state index contributed by atoms with van der Waals surface area (Å²) in [6.45, 7) is 8.46. The van der Waals surface area contributed by atoms with Crippen molar-refractivity contribution in [1.82, 2.24) is 4.90 Å².